The summed E-state index contributed by atoms with van der Waals surface area (Å²) in [4.78, 5) is 52.4. The van der Waals surface area contributed by atoms with E-state index in [1.54, 1.807) is 44.7 Å². The number of nitro groups is 1. The number of nitro benzene ring substituents is 1. The predicted octanol–water partition coefficient (Wildman–Crippen LogP) is 10.2. The Kier molecular flexibility index (Phi) is 12.2. The fraction of sp³-hybridized carbons (Fsp3) is 0.0385. The fourth-order valence-electron chi connectivity index (χ4n) is 7.51. The Hall–Kier alpha value is -9.50. The molecule has 0 spiro atoms. The van der Waals surface area contributed by atoms with Gasteiger partial charge in [0, 0.05) is 55.8 Å². The van der Waals surface area contributed by atoms with Crippen LogP contribution in [0.4, 0.5) is 5.69 Å². The number of H-pyrrole nitrogens is 2. The zero-order valence-electron chi connectivity index (χ0n) is 35.9. The molecular formula is C52H39N9O6. The molecule has 0 radical (unpaired) electrons. The molecule has 4 heterocycles. The van der Waals surface area contributed by atoms with E-state index >= 15 is 0 Å². The van der Waals surface area contributed by atoms with Crippen LogP contribution in [0.3, 0.4) is 0 Å². The van der Waals surface area contributed by atoms with E-state index in [-0.39, 0.29) is 17.3 Å². The first-order valence-corrected chi connectivity index (χ1v) is 20.8. The van der Waals surface area contributed by atoms with Crippen molar-refractivity contribution in [1.29, 1.82) is 0 Å². The van der Waals surface area contributed by atoms with Crippen molar-refractivity contribution in [3.8, 4) is 34.0 Å². The molecule has 6 aromatic carbocycles. The minimum absolute atomic E-state index is 0.0199. The van der Waals surface area contributed by atoms with Crippen LogP contribution in [-0.4, -0.2) is 63.3 Å². The maximum absolute atomic E-state index is 13.0. The van der Waals surface area contributed by atoms with Crippen LogP contribution in [0.5, 0.6) is 11.5 Å². The summed E-state index contributed by atoms with van der Waals surface area (Å²) in [5.74, 6) is 0.617. The third-order valence-electron chi connectivity index (χ3n) is 10.8. The number of non-ortho nitro benzene ring substituents is 1. The zero-order chi connectivity index (χ0) is 46.3. The number of carbonyl (C=O) groups is 2. The van der Waals surface area contributed by atoms with Crippen molar-refractivity contribution in [2.45, 2.75) is 0 Å². The molecule has 4 aromatic heterocycles. The Morgan fingerprint density at radius 2 is 0.970 bits per heavy atom. The quantitative estimate of drug-likeness (QED) is 0.0558. The lowest BCUT2D eigenvalue weighted by Gasteiger charge is -2.08. The lowest BCUT2D eigenvalue weighted by Crippen LogP contribution is -2.19. The molecule has 0 bridgehead atoms. The van der Waals surface area contributed by atoms with Crippen LogP contribution in [0, 0.1) is 10.1 Å². The number of aromatic amines is 2. The minimum Gasteiger partial charge on any atom is -0.497 e. The van der Waals surface area contributed by atoms with Crippen LogP contribution in [-0.2, 0) is 0 Å². The number of nitrogens with zero attached hydrogens (tertiary/aromatic N) is 5. The summed E-state index contributed by atoms with van der Waals surface area (Å²) in [7, 11) is 3.23. The summed E-state index contributed by atoms with van der Waals surface area (Å²) < 4.78 is 10.5. The van der Waals surface area contributed by atoms with E-state index in [0.717, 1.165) is 71.8 Å². The molecule has 67 heavy (non-hydrogen) atoms. The molecular weight excluding hydrogens is 847 g/mol. The number of benzene rings is 6. The average molecular weight is 886 g/mol. The highest BCUT2D eigenvalue weighted by Crippen LogP contribution is 2.35. The van der Waals surface area contributed by atoms with Gasteiger partial charge < -0.3 is 19.4 Å². The molecule has 2 amide bonds. The predicted molar refractivity (Wildman–Crippen MR) is 261 cm³/mol. The zero-order valence-corrected chi connectivity index (χ0v) is 35.9. The maximum Gasteiger partial charge on any atom is 0.289 e. The van der Waals surface area contributed by atoms with Crippen LogP contribution in [0.1, 0.15) is 32.1 Å². The summed E-state index contributed by atoms with van der Waals surface area (Å²) in [6, 6.07) is 49.9. The number of hydrogen-bond acceptors (Lipinski definition) is 10. The van der Waals surface area contributed by atoms with Crippen molar-refractivity contribution in [3.63, 3.8) is 0 Å². The lowest BCUT2D eigenvalue weighted by molar-refractivity contribution is -0.384. The van der Waals surface area contributed by atoms with Gasteiger partial charge in [0.1, 0.15) is 22.9 Å². The van der Waals surface area contributed by atoms with Gasteiger partial charge in [-0.3, -0.25) is 19.7 Å². The lowest BCUT2D eigenvalue weighted by atomic mass is 10.1. The van der Waals surface area contributed by atoms with Gasteiger partial charge in [-0.25, -0.2) is 20.8 Å². The number of methoxy groups -OCH3 is 2. The Balaban J connectivity index is 0.000000169. The van der Waals surface area contributed by atoms with E-state index in [0.29, 0.717) is 22.6 Å². The molecule has 4 N–H and O–H groups in total. The standard InChI is InChI=1S/C26H19N5O4.C26H20N4O2/c1-35-19-12-8-17(9-13-19)24-25-21(20-4-2-3-5-22(20)28-25)14-23(29-24)26(32)30-27-15-16-6-10-18(11-7-16)31(33)34;1-32-19-13-11-18(12-14-19)24-25-21(20-9-5-6-10-22(20)28-25)15-23(29-24)26(31)30-27-16-17-7-3-2-4-8-17/h2-15,28H,1H3,(H,30,32);2-16,28H,1H3,(H,30,31)/b27-15-;27-16-. The number of pyridine rings is 2. The van der Waals surface area contributed by atoms with Crippen LogP contribution >= 0.6 is 0 Å². The molecule has 0 aliphatic heterocycles. The van der Waals surface area contributed by atoms with E-state index in [1.165, 1.54) is 18.3 Å². The minimum atomic E-state index is -0.481. The SMILES string of the molecule is COc1ccc(-c2nc(C(=O)N/N=C\c3ccc([N+](=O)[O-])cc3)cc3c2[nH]c2ccccc23)cc1.COc1ccc(-c2nc(C(=O)N/N=C\c3ccccc3)cc3c2[nH]c2ccccc23)cc1. The Bertz CT molecular complexity index is 3490. The van der Waals surface area contributed by atoms with E-state index in [9.17, 15) is 19.7 Å². The number of rotatable bonds is 11. The van der Waals surface area contributed by atoms with Gasteiger partial charge in [0.15, 0.2) is 0 Å². The largest absolute Gasteiger partial charge is 0.497 e. The highest BCUT2D eigenvalue weighted by molar-refractivity contribution is 6.14. The average Bonchev–Trinajstić information content (AvgIpc) is 3.95. The molecule has 10 aromatic rings. The van der Waals surface area contributed by atoms with Gasteiger partial charge in [-0.15, -0.1) is 0 Å². The van der Waals surface area contributed by atoms with Crippen LogP contribution in [0.2, 0.25) is 0 Å². The Morgan fingerprint density at radius 1 is 0.552 bits per heavy atom. The van der Waals surface area contributed by atoms with Gasteiger partial charge >= 0.3 is 0 Å². The second-order valence-electron chi connectivity index (χ2n) is 15.0. The van der Waals surface area contributed by atoms with Crippen molar-refractivity contribution in [2.75, 3.05) is 14.2 Å². The second kappa shape index (κ2) is 19.1. The number of carbonyl (C=O) groups excluding carboxylic acids is 2. The van der Waals surface area contributed by atoms with Gasteiger partial charge in [-0.05, 0) is 96.1 Å². The molecule has 10 rings (SSSR count). The first kappa shape index (κ1) is 42.8. The Labute approximate surface area is 382 Å². The summed E-state index contributed by atoms with van der Waals surface area (Å²) in [6.07, 6.45) is 3.02. The van der Waals surface area contributed by atoms with Crippen molar-refractivity contribution < 1.29 is 24.0 Å². The number of nitrogens with one attached hydrogen (secondary N) is 4. The molecule has 0 saturated carbocycles. The number of hydrazone groups is 2. The Morgan fingerprint density at radius 3 is 1.40 bits per heavy atom. The molecule has 15 nitrogen and oxygen atoms in total. The van der Waals surface area contributed by atoms with Gasteiger partial charge in [-0.1, -0.05) is 66.7 Å². The van der Waals surface area contributed by atoms with E-state index < -0.39 is 10.8 Å². The monoisotopic (exact) mass is 885 g/mol. The smallest absolute Gasteiger partial charge is 0.289 e. The topological polar surface area (TPSA) is 202 Å². The third kappa shape index (κ3) is 9.28. The van der Waals surface area contributed by atoms with Crippen molar-refractivity contribution in [2.24, 2.45) is 10.2 Å². The number of amides is 2. The van der Waals surface area contributed by atoms with E-state index in [1.807, 2.05) is 127 Å². The summed E-state index contributed by atoms with van der Waals surface area (Å²) >= 11 is 0. The van der Waals surface area contributed by atoms with Gasteiger partial charge in [-0.2, -0.15) is 10.2 Å². The number of ether oxygens (including phenoxy) is 2. The van der Waals surface area contributed by atoms with Crippen molar-refractivity contribution >= 4 is 73.5 Å². The molecule has 0 saturated heterocycles. The molecule has 0 fully saturated rings. The van der Waals surface area contributed by atoms with Crippen molar-refractivity contribution in [3.05, 3.63) is 196 Å². The van der Waals surface area contributed by atoms with Gasteiger partial charge in [0.25, 0.3) is 17.5 Å². The number of aromatic nitrogens is 4. The highest BCUT2D eigenvalue weighted by Gasteiger charge is 2.19. The van der Waals surface area contributed by atoms with Crippen molar-refractivity contribution in [1.82, 2.24) is 30.8 Å². The van der Waals surface area contributed by atoms with Gasteiger partial charge in [0.05, 0.1) is 54.0 Å². The van der Waals surface area contributed by atoms with E-state index in [2.05, 4.69) is 41.0 Å². The summed E-state index contributed by atoms with van der Waals surface area (Å²) in [6.45, 7) is 0. The number of hydrogen-bond donors (Lipinski definition) is 4. The molecule has 0 unspecified atom stereocenters. The summed E-state index contributed by atoms with van der Waals surface area (Å²) in [5.41, 5.74) is 13.7. The first-order chi connectivity index (χ1) is 32.8. The molecule has 328 valence electrons. The normalized spacial score (nSPS) is 11.3. The molecule has 0 atom stereocenters. The summed E-state index contributed by atoms with van der Waals surface area (Å²) in [5, 5.41) is 22.7. The highest BCUT2D eigenvalue weighted by atomic mass is 16.6. The number of para-hydroxylation sites is 2. The fourth-order valence-corrected chi connectivity index (χ4v) is 7.51. The van der Waals surface area contributed by atoms with Crippen LogP contribution < -0.4 is 20.3 Å². The third-order valence-corrected chi connectivity index (χ3v) is 10.8. The number of fused-ring (bicyclic) bond motifs is 6. The molecule has 0 aliphatic rings. The van der Waals surface area contributed by atoms with Crippen LogP contribution in [0.15, 0.2) is 174 Å². The first-order valence-electron chi connectivity index (χ1n) is 20.8. The second-order valence-corrected chi connectivity index (χ2v) is 15.0. The maximum atomic E-state index is 13.0. The molecule has 15 heteroatoms. The van der Waals surface area contributed by atoms with Crippen LogP contribution in [0.25, 0.3) is 66.1 Å². The van der Waals surface area contributed by atoms with E-state index in [4.69, 9.17) is 9.47 Å². The molecule has 0 aliphatic carbocycles. The van der Waals surface area contributed by atoms with Gasteiger partial charge in [0.2, 0.25) is 0 Å².